The van der Waals surface area contributed by atoms with E-state index in [1.54, 1.807) is 0 Å². The second-order valence-electron chi connectivity index (χ2n) is 3.67. The third kappa shape index (κ3) is 1.45. The largest absolute Gasteiger partial charge is 0.383 e. The summed E-state index contributed by atoms with van der Waals surface area (Å²) in [5.41, 5.74) is 8.52. The van der Waals surface area contributed by atoms with Crippen LogP contribution in [-0.2, 0) is 11.2 Å². The van der Waals surface area contributed by atoms with Crippen molar-refractivity contribution < 1.29 is 4.79 Å². The van der Waals surface area contributed by atoms with Gasteiger partial charge in [0.1, 0.15) is 10.8 Å². The third-order valence-electron chi connectivity index (χ3n) is 2.50. The minimum Gasteiger partial charge on any atom is -0.383 e. The van der Waals surface area contributed by atoms with Crippen LogP contribution in [0.4, 0.5) is 11.5 Å². The molecule has 0 saturated carbocycles. The van der Waals surface area contributed by atoms with Crippen molar-refractivity contribution in [3.8, 4) is 10.6 Å². The quantitative estimate of drug-likeness (QED) is 0.787. The number of anilines is 2. The summed E-state index contributed by atoms with van der Waals surface area (Å²) in [5, 5.41) is 5.50. The van der Waals surface area contributed by atoms with Crippen molar-refractivity contribution in [2.24, 2.45) is 0 Å². The van der Waals surface area contributed by atoms with Crippen molar-refractivity contribution in [2.75, 3.05) is 11.1 Å². The van der Waals surface area contributed by atoms with Gasteiger partial charge in [-0.3, -0.25) is 4.79 Å². The summed E-state index contributed by atoms with van der Waals surface area (Å²) in [5.74, 6) is 0.584. The Hall–Kier alpha value is -1.88. The lowest BCUT2D eigenvalue weighted by molar-refractivity contribution is -0.115. The van der Waals surface area contributed by atoms with Gasteiger partial charge in [-0.25, -0.2) is 4.98 Å². The number of hydrogen-bond donors (Lipinski definition) is 2. The predicted octanol–water partition coefficient (Wildman–Crippen LogP) is 1.89. The average molecular weight is 231 g/mol. The Morgan fingerprint density at radius 2 is 2.31 bits per heavy atom. The first-order valence-electron chi connectivity index (χ1n) is 4.86. The van der Waals surface area contributed by atoms with Gasteiger partial charge < -0.3 is 11.1 Å². The normalized spacial score (nSPS) is 13.6. The Morgan fingerprint density at radius 1 is 1.44 bits per heavy atom. The van der Waals surface area contributed by atoms with E-state index in [0.29, 0.717) is 12.2 Å². The standard InChI is InChI=1S/C11H9N3OS/c12-9-5-16-11(14-9)6-1-2-8-7(3-6)4-10(15)13-8/h1-3,5H,4,12H2,(H,13,15). The van der Waals surface area contributed by atoms with Crippen LogP contribution in [0.3, 0.4) is 0 Å². The molecule has 0 aliphatic carbocycles. The maximum atomic E-state index is 11.2. The second kappa shape index (κ2) is 3.31. The van der Waals surface area contributed by atoms with Crippen LogP contribution in [-0.4, -0.2) is 10.9 Å². The molecule has 1 aliphatic rings. The van der Waals surface area contributed by atoms with E-state index in [9.17, 15) is 4.79 Å². The molecular formula is C11H9N3OS. The summed E-state index contributed by atoms with van der Waals surface area (Å²) in [6, 6.07) is 5.85. The lowest BCUT2D eigenvalue weighted by Crippen LogP contribution is -2.03. The predicted molar refractivity (Wildman–Crippen MR) is 64.3 cm³/mol. The maximum Gasteiger partial charge on any atom is 0.228 e. The lowest BCUT2D eigenvalue weighted by atomic mass is 10.1. The monoisotopic (exact) mass is 231 g/mol. The number of nitrogens with one attached hydrogen (secondary N) is 1. The van der Waals surface area contributed by atoms with Gasteiger partial charge in [0.05, 0.1) is 6.42 Å². The fourth-order valence-electron chi connectivity index (χ4n) is 1.78. The highest BCUT2D eigenvalue weighted by atomic mass is 32.1. The van der Waals surface area contributed by atoms with Crippen LogP contribution in [0, 0.1) is 0 Å². The van der Waals surface area contributed by atoms with E-state index in [1.807, 2.05) is 23.6 Å². The maximum absolute atomic E-state index is 11.2. The minimum atomic E-state index is 0.0470. The number of nitrogens with two attached hydrogens (primary N) is 1. The molecule has 3 N–H and O–H groups in total. The Labute approximate surface area is 96.1 Å². The number of thiazole rings is 1. The number of nitrogens with zero attached hydrogens (tertiary/aromatic N) is 1. The fraction of sp³-hybridized carbons (Fsp3) is 0.0909. The Kier molecular flexibility index (Phi) is 1.94. The molecule has 1 aromatic heterocycles. The zero-order chi connectivity index (χ0) is 11.1. The van der Waals surface area contributed by atoms with Crippen molar-refractivity contribution in [3.05, 3.63) is 29.1 Å². The van der Waals surface area contributed by atoms with Crippen LogP contribution in [0.5, 0.6) is 0 Å². The molecule has 0 fully saturated rings. The number of rotatable bonds is 1. The third-order valence-corrected chi connectivity index (χ3v) is 3.41. The number of carbonyl (C=O) groups excluding carboxylic acids is 1. The number of fused-ring (bicyclic) bond motifs is 1. The van der Waals surface area contributed by atoms with Gasteiger partial charge in [-0.2, -0.15) is 0 Å². The van der Waals surface area contributed by atoms with Crippen molar-refractivity contribution in [1.82, 2.24) is 4.98 Å². The van der Waals surface area contributed by atoms with Gasteiger partial charge in [0.2, 0.25) is 5.91 Å². The van der Waals surface area contributed by atoms with Crippen molar-refractivity contribution in [3.63, 3.8) is 0 Å². The molecule has 0 unspecified atom stereocenters. The molecule has 0 saturated heterocycles. The van der Waals surface area contributed by atoms with Gasteiger partial charge in [-0.1, -0.05) is 0 Å². The van der Waals surface area contributed by atoms with E-state index >= 15 is 0 Å². The van der Waals surface area contributed by atoms with E-state index in [1.165, 1.54) is 11.3 Å². The van der Waals surface area contributed by atoms with E-state index in [4.69, 9.17) is 5.73 Å². The Bertz CT molecular complexity index is 576. The van der Waals surface area contributed by atoms with Gasteiger partial charge >= 0.3 is 0 Å². The highest BCUT2D eigenvalue weighted by molar-refractivity contribution is 7.13. The Balaban J connectivity index is 2.05. The van der Waals surface area contributed by atoms with Gasteiger partial charge in [0.15, 0.2) is 0 Å². The molecule has 2 heterocycles. The lowest BCUT2D eigenvalue weighted by Gasteiger charge is -2.00. The second-order valence-corrected chi connectivity index (χ2v) is 4.53. The molecule has 2 aromatic rings. The topological polar surface area (TPSA) is 68.0 Å². The molecule has 1 amide bonds. The van der Waals surface area contributed by atoms with E-state index < -0.39 is 0 Å². The van der Waals surface area contributed by atoms with Crippen LogP contribution in [0.25, 0.3) is 10.6 Å². The van der Waals surface area contributed by atoms with E-state index in [0.717, 1.165) is 21.8 Å². The number of benzene rings is 1. The highest BCUT2D eigenvalue weighted by Crippen LogP contribution is 2.30. The van der Waals surface area contributed by atoms with Crippen LogP contribution in [0.1, 0.15) is 5.56 Å². The summed E-state index contributed by atoms with van der Waals surface area (Å²) in [6.45, 7) is 0. The molecule has 1 aromatic carbocycles. The van der Waals surface area contributed by atoms with Gasteiger partial charge in [-0.05, 0) is 23.8 Å². The highest BCUT2D eigenvalue weighted by Gasteiger charge is 2.18. The van der Waals surface area contributed by atoms with Crippen molar-refractivity contribution in [2.45, 2.75) is 6.42 Å². The SMILES string of the molecule is Nc1csc(-c2ccc3c(c2)CC(=O)N3)n1. The number of amides is 1. The van der Waals surface area contributed by atoms with Crippen molar-refractivity contribution in [1.29, 1.82) is 0 Å². The number of hydrogen-bond acceptors (Lipinski definition) is 4. The molecule has 16 heavy (non-hydrogen) atoms. The summed E-state index contributed by atoms with van der Waals surface area (Å²) in [4.78, 5) is 15.4. The molecule has 1 aliphatic heterocycles. The van der Waals surface area contributed by atoms with Crippen LogP contribution in [0.15, 0.2) is 23.6 Å². The molecular weight excluding hydrogens is 222 g/mol. The summed E-state index contributed by atoms with van der Waals surface area (Å²) < 4.78 is 0. The summed E-state index contributed by atoms with van der Waals surface area (Å²) in [6.07, 6.45) is 0.448. The molecule has 4 nitrogen and oxygen atoms in total. The van der Waals surface area contributed by atoms with Crippen LogP contribution < -0.4 is 11.1 Å². The number of aromatic nitrogens is 1. The molecule has 0 atom stereocenters. The molecule has 3 rings (SSSR count). The first kappa shape index (κ1) is 9.35. The zero-order valence-corrected chi connectivity index (χ0v) is 9.17. The molecule has 0 spiro atoms. The number of carbonyl (C=O) groups is 1. The molecule has 5 heteroatoms. The Morgan fingerprint density at radius 3 is 3.06 bits per heavy atom. The minimum absolute atomic E-state index is 0.0470. The smallest absolute Gasteiger partial charge is 0.228 e. The van der Waals surface area contributed by atoms with Crippen molar-refractivity contribution >= 4 is 28.7 Å². The van der Waals surface area contributed by atoms with Gasteiger partial charge in [0.25, 0.3) is 0 Å². The van der Waals surface area contributed by atoms with Crippen LogP contribution >= 0.6 is 11.3 Å². The molecule has 0 radical (unpaired) electrons. The summed E-state index contributed by atoms with van der Waals surface area (Å²) in [7, 11) is 0. The van der Waals surface area contributed by atoms with Gasteiger partial charge in [-0.15, -0.1) is 11.3 Å². The summed E-state index contributed by atoms with van der Waals surface area (Å²) >= 11 is 1.51. The average Bonchev–Trinajstić information content (AvgIpc) is 2.81. The first-order chi connectivity index (χ1) is 7.72. The molecule has 80 valence electrons. The number of nitrogen functional groups attached to an aromatic ring is 1. The van der Waals surface area contributed by atoms with E-state index in [2.05, 4.69) is 10.3 Å². The van der Waals surface area contributed by atoms with E-state index in [-0.39, 0.29) is 5.91 Å². The van der Waals surface area contributed by atoms with Gasteiger partial charge in [0, 0.05) is 16.6 Å². The zero-order valence-electron chi connectivity index (χ0n) is 8.36. The fourth-order valence-corrected chi connectivity index (χ4v) is 2.49. The molecule has 0 bridgehead atoms. The first-order valence-corrected chi connectivity index (χ1v) is 5.74. The van der Waals surface area contributed by atoms with Crippen LogP contribution in [0.2, 0.25) is 0 Å².